The minimum atomic E-state index is 0.125. The van der Waals surface area contributed by atoms with Gasteiger partial charge >= 0.3 is 0 Å². The fraction of sp³-hybridized carbons (Fsp3) is 0.474. The maximum Gasteiger partial charge on any atom is 0.237 e. The number of aromatic nitrogens is 3. The van der Waals surface area contributed by atoms with Gasteiger partial charge in [-0.05, 0) is 30.7 Å². The van der Waals surface area contributed by atoms with Crippen LogP contribution in [0.2, 0.25) is 0 Å². The lowest BCUT2D eigenvalue weighted by Crippen LogP contribution is -2.35. The predicted molar refractivity (Wildman–Crippen MR) is 95.4 cm³/mol. The van der Waals surface area contributed by atoms with Gasteiger partial charge in [0.05, 0.1) is 18.8 Å². The van der Waals surface area contributed by atoms with E-state index in [-0.39, 0.29) is 5.91 Å². The van der Waals surface area contributed by atoms with Crippen molar-refractivity contribution in [3.63, 3.8) is 0 Å². The zero-order valence-electron chi connectivity index (χ0n) is 15.1. The van der Waals surface area contributed by atoms with E-state index in [0.717, 1.165) is 35.6 Å². The van der Waals surface area contributed by atoms with Crippen LogP contribution in [-0.2, 0) is 30.8 Å². The Labute approximate surface area is 148 Å². The lowest BCUT2D eigenvalue weighted by molar-refractivity contribution is -0.132. The SMILES string of the molecule is CC(C)Cc1ncc2c(n1)CN(C(=O)CN(C)Cc1ccncc1)C2. The van der Waals surface area contributed by atoms with Crippen molar-refractivity contribution in [1.29, 1.82) is 0 Å². The van der Waals surface area contributed by atoms with E-state index in [1.807, 2.05) is 35.2 Å². The van der Waals surface area contributed by atoms with E-state index in [0.29, 0.717) is 25.6 Å². The van der Waals surface area contributed by atoms with Crippen molar-refractivity contribution < 1.29 is 4.79 Å². The second-order valence-electron chi connectivity index (χ2n) is 7.13. The number of pyridine rings is 1. The van der Waals surface area contributed by atoms with Gasteiger partial charge in [0.15, 0.2) is 0 Å². The van der Waals surface area contributed by atoms with Crippen LogP contribution in [-0.4, -0.2) is 44.3 Å². The largest absolute Gasteiger partial charge is 0.331 e. The summed E-state index contributed by atoms with van der Waals surface area (Å²) in [5.74, 6) is 1.52. The Hall–Kier alpha value is -2.34. The van der Waals surface area contributed by atoms with Gasteiger partial charge in [0, 0.05) is 43.7 Å². The number of carbonyl (C=O) groups excluding carboxylic acids is 1. The molecule has 0 N–H and O–H groups in total. The molecule has 3 rings (SSSR count). The first-order valence-electron chi connectivity index (χ1n) is 8.70. The highest BCUT2D eigenvalue weighted by atomic mass is 16.2. The van der Waals surface area contributed by atoms with Crippen LogP contribution in [0, 0.1) is 5.92 Å². The molecule has 1 amide bonds. The molecule has 0 aliphatic carbocycles. The van der Waals surface area contributed by atoms with E-state index in [1.54, 1.807) is 12.4 Å². The minimum absolute atomic E-state index is 0.125. The van der Waals surface area contributed by atoms with Gasteiger partial charge in [0.1, 0.15) is 5.82 Å². The summed E-state index contributed by atoms with van der Waals surface area (Å²) in [5.41, 5.74) is 3.22. The van der Waals surface area contributed by atoms with E-state index in [9.17, 15) is 4.79 Å². The third-order valence-corrected chi connectivity index (χ3v) is 4.26. The van der Waals surface area contributed by atoms with Gasteiger partial charge in [-0.25, -0.2) is 9.97 Å². The van der Waals surface area contributed by atoms with Gasteiger partial charge in [-0.3, -0.25) is 14.7 Å². The Kier molecular flexibility index (Phi) is 5.38. The van der Waals surface area contributed by atoms with Crippen LogP contribution in [0.25, 0.3) is 0 Å². The fourth-order valence-corrected chi connectivity index (χ4v) is 3.02. The first kappa shape index (κ1) is 17.5. The van der Waals surface area contributed by atoms with Gasteiger partial charge in [-0.15, -0.1) is 0 Å². The molecule has 3 heterocycles. The van der Waals surface area contributed by atoms with Gasteiger partial charge in [-0.2, -0.15) is 0 Å². The molecule has 0 fully saturated rings. The second kappa shape index (κ2) is 7.70. The molecule has 0 unspecified atom stereocenters. The first-order valence-corrected chi connectivity index (χ1v) is 8.70. The highest BCUT2D eigenvalue weighted by Crippen LogP contribution is 2.21. The van der Waals surface area contributed by atoms with Crippen LogP contribution in [0.15, 0.2) is 30.7 Å². The zero-order chi connectivity index (χ0) is 17.8. The maximum atomic E-state index is 12.6. The van der Waals surface area contributed by atoms with Crippen molar-refractivity contribution in [2.24, 2.45) is 5.92 Å². The number of amides is 1. The maximum absolute atomic E-state index is 12.6. The molecule has 0 bridgehead atoms. The van der Waals surface area contributed by atoms with Crippen molar-refractivity contribution in [2.45, 2.75) is 39.9 Å². The van der Waals surface area contributed by atoms with Crippen molar-refractivity contribution >= 4 is 5.91 Å². The molecule has 0 saturated carbocycles. The van der Waals surface area contributed by atoms with E-state index < -0.39 is 0 Å². The number of rotatable bonds is 6. The number of hydrogen-bond donors (Lipinski definition) is 0. The van der Waals surface area contributed by atoms with Crippen LogP contribution in [0.4, 0.5) is 0 Å². The molecule has 0 aromatic carbocycles. The molecule has 1 aliphatic heterocycles. The summed E-state index contributed by atoms with van der Waals surface area (Å²) in [5, 5.41) is 0. The number of likely N-dealkylation sites (N-methyl/N-ethyl adjacent to an activating group) is 1. The lowest BCUT2D eigenvalue weighted by atomic mass is 10.1. The number of hydrogen-bond acceptors (Lipinski definition) is 5. The van der Waals surface area contributed by atoms with E-state index >= 15 is 0 Å². The summed E-state index contributed by atoms with van der Waals surface area (Å²) in [7, 11) is 1.96. The lowest BCUT2D eigenvalue weighted by Gasteiger charge is -2.21. The average Bonchev–Trinajstić information content (AvgIpc) is 2.98. The zero-order valence-corrected chi connectivity index (χ0v) is 15.1. The normalized spacial score (nSPS) is 13.6. The van der Waals surface area contributed by atoms with Crippen molar-refractivity contribution in [1.82, 2.24) is 24.8 Å². The van der Waals surface area contributed by atoms with Gasteiger partial charge in [0.2, 0.25) is 5.91 Å². The third-order valence-electron chi connectivity index (χ3n) is 4.26. The molecular formula is C19H25N5O. The van der Waals surface area contributed by atoms with Crippen LogP contribution in [0.3, 0.4) is 0 Å². The molecule has 0 saturated heterocycles. The second-order valence-corrected chi connectivity index (χ2v) is 7.13. The predicted octanol–water partition coefficient (Wildman–Crippen LogP) is 2.04. The molecule has 2 aromatic rings. The first-order chi connectivity index (χ1) is 12.0. The molecule has 6 nitrogen and oxygen atoms in total. The highest BCUT2D eigenvalue weighted by Gasteiger charge is 2.25. The number of fused-ring (bicyclic) bond motifs is 1. The standard InChI is InChI=1S/C19H25N5O/c1-14(2)8-18-21-9-16-11-24(12-17(16)22-18)19(25)13-23(3)10-15-4-6-20-7-5-15/h4-7,9,14H,8,10-13H2,1-3H3. The van der Waals surface area contributed by atoms with Crippen molar-refractivity contribution in [2.75, 3.05) is 13.6 Å². The highest BCUT2D eigenvalue weighted by molar-refractivity contribution is 5.78. The summed E-state index contributed by atoms with van der Waals surface area (Å²) in [4.78, 5) is 29.6. The van der Waals surface area contributed by atoms with Crippen LogP contribution >= 0.6 is 0 Å². The van der Waals surface area contributed by atoms with Crippen molar-refractivity contribution in [3.8, 4) is 0 Å². The Morgan fingerprint density at radius 1 is 1.28 bits per heavy atom. The summed E-state index contributed by atoms with van der Waals surface area (Å²) in [6.07, 6.45) is 6.30. The van der Waals surface area contributed by atoms with E-state index in [2.05, 4.69) is 28.8 Å². The van der Waals surface area contributed by atoms with Gasteiger partial charge < -0.3 is 4.90 Å². The molecule has 25 heavy (non-hydrogen) atoms. The van der Waals surface area contributed by atoms with Crippen LogP contribution < -0.4 is 0 Å². The van der Waals surface area contributed by atoms with Crippen molar-refractivity contribution in [3.05, 3.63) is 53.4 Å². The summed E-state index contributed by atoms with van der Waals surface area (Å²) < 4.78 is 0. The topological polar surface area (TPSA) is 62.2 Å². The number of carbonyl (C=O) groups is 1. The Balaban J connectivity index is 1.56. The van der Waals surface area contributed by atoms with Gasteiger partial charge in [-0.1, -0.05) is 13.8 Å². The van der Waals surface area contributed by atoms with Gasteiger partial charge in [0.25, 0.3) is 0 Å². The molecule has 0 radical (unpaired) electrons. The Morgan fingerprint density at radius 2 is 2.04 bits per heavy atom. The molecule has 2 aromatic heterocycles. The third kappa shape index (κ3) is 4.60. The summed E-state index contributed by atoms with van der Waals surface area (Å²) >= 11 is 0. The quantitative estimate of drug-likeness (QED) is 0.806. The van der Waals surface area contributed by atoms with E-state index in [4.69, 9.17) is 0 Å². The monoisotopic (exact) mass is 339 g/mol. The smallest absolute Gasteiger partial charge is 0.237 e. The molecule has 0 atom stereocenters. The molecule has 0 spiro atoms. The van der Waals surface area contributed by atoms with E-state index in [1.165, 1.54) is 0 Å². The minimum Gasteiger partial charge on any atom is -0.331 e. The molecule has 1 aliphatic rings. The van der Waals surface area contributed by atoms with Crippen LogP contribution in [0.1, 0.15) is 36.5 Å². The molecule has 6 heteroatoms. The molecule has 132 valence electrons. The van der Waals surface area contributed by atoms with Crippen LogP contribution in [0.5, 0.6) is 0 Å². The summed E-state index contributed by atoms with van der Waals surface area (Å²) in [6.45, 7) is 6.64. The number of nitrogens with zero attached hydrogens (tertiary/aromatic N) is 5. The Morgan fingerprint density at radius 3 is 2.76 bits per heavy atom. The fourth-order valence-electron chi connectivity index (χ4n) is 3.02. The summed E-state index contributed by atoms with van der Waals surface area (Å²) in [6, 6.07) is 3.94. The Bertz CT molecular complexity index is 732. The average molecular weight is 339 g/mol. The molecular weight excluding hydrogens is 314 g/mol.